The van der Waals surface area contributed by atoms with E-state index in [-0.39, 0.29) is 5.43 Å². The van der Waals surface area contributed by atoms with Crippen LogP contribution in [0.25, 0.3) is 28.4 Å². The molecule has 0 radical (unpaired) electrons. The monoisotopic (exact) mass is 262 g/mol. The molecule has 0 atom stereocenters. The van der Waals surface area contributed by atoms with E-state index in [0.717, 1.165) is 11.1 Å². The lowest BCUT2D eigenvalue weighted by Crippen LogP contribution is -2.01. The molecule has 0 aliphatic heterocycles. The Morgan fingerprint density at radius 1 is 1.00 bits per heavy atom. The van der Waals surface area contributed by atoms with E-state index in [0.29, 0.717) is 16.7 Å². The summed E-state index contributed by atoms with van der Waals surface area (Å²) in [4.78, 5) is 12.2. The van der Waals surface area contributed by atoms with Gasteiger partial charge in [0.2, 0.25) is 0 Å². The largest absolute Gasteiger partial charge is 0.455 e. The van der Waals surface area contributed by atoms with Crippen LogP contribution in [0.4, 0.5) is 0 Å². The molecule has 0 saturated heterocycles. The van der Waals surface area contributed by atoms with Crippen LogP contribution in [-0.4, -0.2) is 0 Å². The van der Waals surface area contributed by atoms with Crippen LogP contribution < -0.4 is 5.43 Å². The van der Waals surface area contributed by atoms with E-state index in [1.807, 2.05) is 61.5 Å². The van der Waals surface area contributed by atoms with Crippen LogP contribution in [-0.2, 0) is 0 Å². The summed E-state index contributed by atoms with van der Waals surface area (Å²) in [7, 11) is 0. The van der Waals surface area contributed by atoms with Gasteiger partial charge in [0.25, 0.3) is 0 Å². The van der Waals surface area contributed by atoms with Gasteiger partial charge in [-0.15, -0.1) is 0 Å². The van der Waals surface area contributed by atoms with Gasteiger partial charge in [-0.3, -0.25) is 4.79 Å². The Hall–Kier alpha value is -2.61. The van der Waals surface area contributed by atoms with Crippen molar-refractivity contribution in [2.75, 3.05) is 0 Å². The van der Waals surface area contributed by atoms with Crippen molar-refractivity contribution in [2.45, 2.75) is 6.92 Å². The molecule has 0 aliphatic carbocycles. The van der Waals surface area contributed by atoms with Crippen molar-refractivity contribution in [1.82, 2.24) is 0 Å². The van der Waals surface area contributed by atoms with Gasteiger partial charge in [0.1, 0.15) is 11.3 Å². The van der Waals surface area contributed by atoms with Gasteiger partial charge in [-0.05, 0) is 13.0 Å². The molecule has 3 aromatic rings. The summed E-state index contributed by atoms with van der Waals surface area (Å²) >= 11 is 0. The average molecular weight is 262 g/mol. The molecule has 0 unspecified atom stereocenters. The second-order valence-electron chi connectivity index (χ2n) is 4.56. The maximum absolute atomic E-state index is 12.2. The van der Waals surface area contributed by atoms with Crippen LogP contribution in [0.3, 0.4) is 0 Å². The van der Waals surface area contributed by atoms with Gasteiger partial charge < -0.3 is 4.42 Å². The van der Waals surface area contributed by atoms with E-state index in [9.17, 15) is 4.79 Å². The highest BCUT2D eigenvalue weighted by Gasteiger charge is 2.08. The predicted molar refractivity (Wildman–Crippen MR) is 82.6 cm³/mol. The van der Waals surface area contributed by atoms with Crippen LogP contribution in [0.15, 0.2) is 69.9 Å². The molecule has 0 spiro atoms. The maximum Gasteiger partial charge on any atom is 0.193 e. The zero-order chi connectivity index (χ0) is 13.9. The summed E-state index contributed by atoms with van der Waals surface area (Å²) in [5, 5.41) is 0.611. The quantitative estimate of drug-likeness (QED) is 0.681. The Bertz CT molecular complexity index is 827. The summed E-state index contributed by atoms with van der Waals surface area (Å²) in [5.41, 5.74) is 2.44. The molecule has 2 nitrogen and oxygen atoms in total. The molecule has 1 heterocycles. The number of para-hydroxylation sites is 1. The standard InChI is InChI=1S/C18H14O2/c1-2-7-14-10-6-11-15-16(19)12-17(20-18(14)15)13-8-4-3-5-9-13/h2-12H,1H3/b7-2-. The number of hydrogen-bond donors (Lipinski definition) is 0. The van der Waals surface area contributed by atoms with Gasteiger partial charge in [-0.2, -0.15) is 0 Å². The zero-order valence-corrected chi connectivity index (χ0v) is 11.2. The van der Waals surface area contributed by atoms with Gasteiger partial charge in [-0.1, -0.05) is 54.6 Å². The third-order valence-corrected chi connectivity index (χ3v) is 3.19. The zero-order valence-electron chi connectivity index (χ0n) is 11.2. The molecule has 0 aliphatic rings. The minimum absolute atomic E-state index is 0.0172. The van der Waals surface area contributed by atoms with E-state index < -0.39 is 0 Å². The summed E-state index contributed by atoms with van der Waals surface area (Å²) < 4.78 is 5.96. The highest BCUT2D eigenvalue weighted by atomic mass is 16.3. The summed E-state index contributed by atoms with van der Waals surface area (Å²) in [6.07, 6.45) is 3.88. The van der Waals surface area contributed by atoms with Crippen molar-refractivity contribution in [3.63, 3.8) is 0 Å². The molecule has 0 fully saturated rings. The molecule has 2 aromatic carbocycles. The van der Waals surface area contributed by atoms with Crippen LogP contribution in [0.2, 0.25) is 0 Å². The number of rotatable bonds is 2. The lowest BCUT2D eigenvalue weighted by atomic mass is 10.1. The minimum Gasteiger partial charge on any atom is -0.455 e. The molecule has 2 heteroatoms. The molecule has 0 amide bonds. The molecule has 0 saturated carbocycles. The molecule has 3 rings (SSSR count). The first kappa shape index (κ1) is 12.4. The van der Waals surface area contributed by atoms with Crippen molar-refractivity contribution < 1.29 is 4.42 Å². The van der Waals surface area contributed by atoms with Crippen molar-refractivity contribution in [2.24, 2.45) is 0 Å². The van der Waals surface area contributed by atoms with Crippen molar-refractivity contribution in [3.8, 4) is 11.3 Å². The van der Waals surface area contributed by atoms with Gasteiger partial charge in [0.05, 0.1) is 5.39 Å². The van der Waals surface area contributed by atoms with E-state index in [1.165, 1.54) is 0 Å². The van der Waals surface area contributed by atoms with Crippen LogP contribution in [0.5, 0.6) is 0 Å². The Labute approximate surface area is 117 Å². The first-order valence-electron chi connectivity index (χ1n) is 6.54. The Balaban J connectivity index is 2.33. The fourth-order valence-electron chi connectivity index (χ4n) is 2.25. The fourth-order valence-corrected chi connectivity index (χ4v) is 2.25. The Morgan fingerprint density at radius 2 is 1.80 bits per heavy atom. The minimum atomic E-state index is -0.0172. The summed E-state index contributed by atoms with van der Waals surface area (Å²) in [6, 6.07) is 16.8. The number of fused-ring (bicyclic) bond motifs is 1. The maximum atomic E-state index is 12.2. The first-order chi connectivity index (χ1) is 9.79. The number of hydrogen-bond acceptors (Lipinski definition) is 2. The molecular weight excluding hydrogens is 248 g/mol. The van der Waals surface area contributed by atoms with Crippen molar-refractivity contribution in [3.05, 3.63) is 76.5 Å². The average Bonchev–Trinajstić information content (AvgIpc) is 2.49. The summed E-state index contributed by atoms with van der Waals surface area (Å²) in [6.45, 7) is 1.94. The molecule has 0 bridgehead atoms. The van der Waals surface area contributed by atoms with Crippen LogP contribution in [0.1, 0.15) is 12.5 Å². The second-order valence-corrected chi connectivity index (χ2v) is 4.56. The third-order valence-electron chi connectivity index (χ3n) is 3.19. The molecule has 20 heavy (non-hydrogen) atoms. The van der Waals surface area contributed by atoms with E-state index in [1.54, 1.807) is 12.1 Å². The van der Waals surface area contributed by atoms with Crippen LogP contribution in [0, 0.1) is 0 Å². The van der Waals surface area contributed by atoms with Crippen LogP contribution >= 0.6 is 0 Å². The molecule has 98 valence electrons. The highest BCUT2D eigenvalue weighted by molar-refractivity contribution is 5.86. The van der Waals surface area contributed by atoms with Gasteiger partial charge >= 0.3 is 0 Å². The first-order valence-corrected chi connectivity index (χ1v) is 6.54. The van der Waals surface area contributed by atoms with Gasteiger partial charge in [0, 0.05) is 17.2 Å². The predicted octanol–water partition coefficient (Wildman–Crippen LogP) is 4.49. The second kappa shape index (κ2) is 5.17. The number of benzene rings is 2. The normalized spacial score (nSPS) is 11.2. The molecule has 1 aromatic heterocycles. The topological polar surface area (TPSA) is 30.2 Å². The molecule has 0 N–H and O–H groups in total. The Kier molecular flexibility index (Phi) is 3.21. The number of allylic oxidation sites excluding steroid dienone is 1. The SMILES string of the molecule is C/C=C\c1cccc2c(=O)cc(-c3ccccc3)oc12. The lowest BCUT2D eigenvalue weighted by Gasteiger charge is -2.05. The van der Waals surface area contributed by atoms with Gasteiger partial charge in [0.15, 0.2) is 5.43 Å². The van der Waals surface area contributed by atoms with E-state index in [2.05, 4.69) is 0 Å². The highest BCUT2D eigenvalue weighted by Crippen LogP contribution is 2.24. The lowest BCUT2D eigenvalue weighted by molar-refractivity contribution is 0.618. The van der Waals surface area contributed by atoms with Gasteiger partial charge in [-0.25, -0.2) is 0 Å². The van der Waals surface area contributed by atoms with Crippen molar-refractivity contribution in [1.29, 1.82) is 0 Å². The summed E-state index contributed by atoms with van der Waals surface area (Å²) in [5.74, 6) is 0.597. The third kappa shape index (κ3) is 2.16. The van der Waals surface area contributed by atoms with E-state index >= 15 is 0 Å². The molecular formula is C18H14O2. The fraction of sp³-hybridized carbons (Fsp3) is 0.0556. The van der Waals surface area contributed by atoms with Crippen molar-refractivity contribution >= 4 is 17.0 Å². The van der Waals surface area contributed by atoms with E-state index in [4.69, 9.17) is 4.42 Å². The Morgan fingerprint density at radius 3 is 2.55 bits per heavy atom. The smallest absolute Gasteiger partial charge is 0.193 e.